The van der Waals surface area contributed by atoms with E-state index in [2.05, 4.69) is 50.0 Å². The molecule has 0 spiro atoms. The molecule has 7 nitrogen and oxygen atoms in total. The number of para-hydroxylation sites is 1. The molecule has 3 heterocycles. The number of aromatic amines is 1. The van der Waals surface area contributed by atoms with Gasteiger partial charge < -0.3 is 16.0 Å². The van der Waals surface area contributed by atoms with Crippen molar-refractivity contribution in [2.24, 2.45) is 5.92 Å². The van der Waals surface area contributed by atoms with Gasteiger partial charge in [0.15, 0.2) is 0 Å². The predicted octanol–water partition coefficient (Wildman–Crippen LogP) is 5.61. The van der Waals surface area contributed by atoms with Crippen LogP contribution in [0, 0.1) is 5.92 Å². The van der Waals surface area contributed by atoms with Crippen LogP contribution in [0.25, 0.3) is 27.8 Å². The predicted molar refractivity (Wildman–Crippen MR) is 142 cm³/mol. The molecule has 1 fully saturated rings. The summed E-state index contributed by atoms with van der Waals surface area (Å²) in [6, 6.07) is 20.4. The van der Waals surface area contributed by atoms with Crippen LogP contribution in [0.3, 0.4) is 0 Å². The molecule has 6 rings (SSSR count). The van der Waals surface area contributed by atoms with E-state index in [1.54, 1.807) is 6.20 Å². The first-order valence-electron chi connectivity index (χ1n) is 12.6. The number of carbonyl (C=O) groups excluding carboxylic acids is 1. The van der Waals surface area contributed by atoms with E-state index in [1.807, 2.05) is 43.5 Å². The minimum absolute atomic E-state index is 0.0224. The molecule has 36 heavy (non-hydrogen) atoms. The lowest BCUT2D eigenvalue weighted by Crippen LogP contribution is -2.35. The van der Waals surface area contributed by atoms with Crippen molar-refractivity contribution in [3.63, 3.8) is 0 Å². The van der Waals surface area contributed by atoms with E-state index in [1.165, 1.54) is 0 Å². The van der Waals surface area contributed by atoms with E-state index in [4.69, 9.17) is 10.7 Å². The fraction of sp³-hybridized carbons (Fsp3) is 0.276. The number of hydrogen-bond acceptors (Lipinski definition) is 4. The van der Waals surface area contributed by atoms with E-state index in [-0.39, 0.29) is 23.8 Å². The van der Waals surface area contributed by atoms with E-state index < -0.39 is 0 Å². The number of rotatable bonds is 5. The maximum absolute atomic E-state index is 13.2. The lowest BCUT2D eigenvalue weighted by atomic mass is 9.80. The molecule has 7 heteroatoms. The Bertz CT molecular complexity index is 1500. The lowest BCUT2D eigenvalue weighted by Gasteiger charge is -2.29. The Morgan fingerprint density at radius 1 is 1.14 bits per heavy atom. The fourth-order valence-electron chi connectivity index (χ4n) is 5.58. The van der Waals surface area contributed by atoms with Gasteiger partial charge in [0, 0.05) is 35.1 Å². The normalized spacial score (nSPS) is 18.9. The standard InChI is InChI=1S/C29H30N6O/c1-18(19-8-3-2-4-9-19)32-29(36)22-12-7-11-21(16-22)28-34-25(26-27(30)31-14-15-35(26)28)24-17-20-10-5-6-13-23(20)33-24/h2-6,8-10,13-15,17-18,21-22,33H,7,11-12,16H2,1H3,(H2,30,31)(H,32,36)/t18-,21+,22+/m0/s1. The third kappa shape index (κ3) is 4.00. The maximum Gasteiger partial charge on any atom is 0.223 e. The van der Waals surface area contributed by atoms with Crippen molar-refractivity contribution in [2.75, 3.05) is 5.73 Å². The largest absolute Gasteiger partial charge is 0.382 e. The van der Waals surface area contributed by atoms with Gasteiger partial charge in [-0.3, -0.25) is 9.20 Å². The van der Waals surface area contributed by atoms with Crippen LogP contribution in [0.15, 0.2) is 73.1 Å². The minimum Gasteiger partial charge on any atom is -0.382 e. The van der Waals surface area contributed by atoms with Crippen LogP contribution in [0.5, 0.6) is 0 Å². The summed E-state index contributed by atoms with van der Waals surface area (Å²) in [5, 5.41) is 4.35. The number of hydrogen-bond donors (Lipinski definition) is 3. The zero-order chi connectivity index (χ0) is 24.6. The summed E-state index contributed by atoms with van der Waals surface area (Å²) in [5.41, 5.74) is 11.1. The molecule has 0 bridgehead atoms. The Labute approximate surface area is 209 Å². The zero-order valence-electron chi connectivity index (χ0n) is 20.3. The lowest BCUT2D eigenvalue weighted by molar-refractivity contribution is -0.126. The highest BCUT2D eigenvalue weighted by molar-refractivity contribution is 5.91. The number of nitrogen functional groups attached to an aromatic ring is 1. The molecule has 0 aliphatic heterocycles. The van der Waals surface area contributed by atoms with Crippen molar-refractivity contribution in [1.29, 1.82) is 0 Å². The summed E-state index contributed by atoms with van der Waals surface area (Å²) in [6.07, 6.45) is 7.29. The number of aromatic nitrogens is 4. The number of H-pyrrole nitrogens is 1. The number of anilines is 1. The van der Waals surface area contributed by atoms with Crippen molar-refractivity contribution < 1.29 is 4.79 Å². The third-order valence-electron chi connectivity index (χ3n) is 7.46. The van der Waals surface area contributed by atoms with Crippen LogP contribution in [0.4, 0.5) is 5.82 Å². The maximum atomic E-state index is 13.2. The first-order chi connectivity index (χ1) is 17.6. The number of fused-ring (bicyclic) bond motifs is 2. The van der Waals surface area contributed by atoms with Gasteiger partial charge in [0.05, 0.1) is 11.7 Å². The van der Waals surface area contributed by atoms with Crippen LogP contribution < -0.4 is 11.1 Å². The second kappa shape index (κ2) is 9.15. The fourth-order valence-corrected chi connectivity index (χ4v) is 5.58. The number of amides is 1. The molecule has 182 valence electrons. The second-order valence-electron chi connectivity index (χ2n) is 9.82. The van der Waals surface area contributed by atoms with Gasteiger partial charge in [-0.05, 0) is 43.9 Å². The van der Waals surface area contributed by atoms with Gasteiger partial charge in [0.2, 0.25) is 5.91 Å². The van der Waals surface area contributed by atoms with Crippen molar-refractivity contribution in [2.45, 2.75) is 44.6 Å². The molecule has 0 radical (unpaired) electrons. The molecular weight excluding hydrogens is 448 g/mol. The highest BCUT2D eigenvalue weighted by Gasteiger charge is 2.32. The van der Waals surface area contributed by atoms with Gasteiger partial charge in [-0.1, -0.05) is 55.0 Å². The smallest absolute Gasteiger partial charge is 0.223 e. The van der Waals surface area contributed by atoms with Gasteiger partial charge >= 0.3 is 0 Å². The molecule has 1 amide bonds. The van der Waals surface area contributed by atoms with E-state index >= 15 is 0 Å². The van der Waals surface area contributed by atoms with E-state index in [0.717, 1.165) is 64.9 Å². The van der Waals surface area contributed by atoms with Crippen LogP contribution in [0.1, 0.15) is 56.0 Å². The highest BCUT2D eigenvalue weighted by Crippen LogP contribution is 2.39. The third-order valence-corrected chi connectivity index (χ3v) is 7.46. The Morgan fingerprint density at radius 3 is 2.78 bits per heavy atom. The molecule has 1 saturated carbocycles. The number of carbonyl (C=O) groups is 1. The minimum atomic E-state index is -0.0435. The molecule has 1 aliphatic carbocycles. The molecule has 4 N–H and O–H groups in total. The van der Waals surface area contributed by atoms with Gasteiger partial charge in [-0.25, -0.2) is 9.97 Å². The zero-order valence-corrected chi connectivity index (χ0v) is 20.3. The quantitative estimate of drug-likeness (QED) is 0.306. The van der Waals surface area contributed by atoms with Crippen LogP contribution in [-0.4, -0.2) is 25.3 Å². The first-order valence-corrected chi connectivity index (χ1v) is 12.6. The molecule has 3 aromatic heterocycles. The summed E-state index contributed by atoms with van der Waals surface area (Å²) < 4.78 is 2.07. The van der Waals surface area contributed by atoms with E-state index in [9.17, 15) is 4.79 Å². The van der Waals surface area contributed by atoms with Crippen LogP contribution in [-0.2, 0) is 4.79 Å². The molecular formula is C29H30N6O. The molecule has 0 saturated heterocycles. The van der Waals surface area contributed by atoms with Crippen LogP contribution in [0.2, 0.25) is 0 Å². The number of benzene rings is 2. The number of nitrogens with zero attached hydrogens (tertiary/aromatic N) is 3. The number of nitrogens with one attached hydrogen (secondary N) is 2. The van der Waals surface area contributed by atoms with Crippen molar-refractivity contribution in [3.05, 3.63) is 84.4 Å². The number of imidazole rings is 1. The molecule has 5 aromatic rings. The molecule has 2 aromatic carbocycles. The van der Waals surface area contributed by atoms with Gasteiger partial charge in [-0.2, -0.15) is 0 Å². The SMILES string of the molecule is C[C@H](NC(=O)[C@@H]1CCC[C@@H](c2nc(-c3cc4ccccc4[nH]3)c3c(N)nccn23)C1)c1ccccc1. The summed E-state index contributed by atoms with van der Waals surface area (Å²) in [5.74, 6) is 1.63. The Morgan fingerprint density at radius 2 is 1.94 bits per heavy atom. The Balaban J connectivity index is 1.31. The van der Waals surface area contributed by atoms with Crippen LogP contribution >= 0.6 is 0 Å². The summed E-state index contributed by atoms with van der Waals surface area (Å²) in [6.45, 7) is 2.04. The van der Waals surface area contributed by atoms with Gasteiger partial charge in [0.25, 0.3) is 0 Å². The average Bonchev–Trinajstić information content (AvgIpc) is 3.52. The summed E-state index contributed by atoms with van der Waals surface area (Å²) >= 11 is 0. The summed E-state index contributed by atoms with van der Waals surface area (Å²) in [4.78, 5) is 26.2. The average molecular weight is 479 g/mol. The Hall–Kier alpha value is -4.13. The molecule has 0 unspecified atom stereocenters. The van der Waals surface area contributed by atoms with E-state index in [0.29, 0.717) is 5.82 Å². The first kappa shape index (κ1) is 22.3. The number of nitrogens with two attached hydrogens (primary N) is 1. The molecule has 3 atom stereocenters. The molecule has 1 aliphatic rings. The van der Waals surface area contributed by atoms with Crippen molar-refractivity contribution in [3.8, 4) is 11.4 Å². The summed E-state index contributed by atoms with van der Waals surface area (Å²) in [7, 11) is 0. The monoisotopic (exact) mass is 478 g/mol. The van der Waals surface area contributed by atoms with Crippen molar-refractivity contribution in [1.82, 2.24) is 24.7 Å². The van der Waals surface area contributed by atoms with Crippen molar-refractivity contribution >= 4 is 28.1 Å². The Kier molecular flexibility index (Phi) is 5.68. The highest BCUT2D eigenvalue weighted by atomic mass is 16.1. The topological polar surface area (TPSA) is 101 Å². The van der Waals surface area contributed by atoms with Gasteiger partial charge in [0.1, 0.15) is 22.9 Å². The second-order valence-corrected chi connectivity index (χ2v) is 9.82. The van der Waals surface area contributed by atoms with Gasteiger partial charge in [-0.15, -0.1) is 0 Å².